The van der Waals surface area contributed by atoms with Crippen LogP contribution in [0.15, 0.2) is 47.5 Å². The number of hydrogen-bond acceptors (Lipinski definition) is 2. The number of thioether (sulfide) groups is 1. The average Bonchev–Trinajstić information content (AvgIpc) is 2.53. The Kier molecular flexibility index (Phi) is 6.17. The molecular formula is C16H20IN3S. The second-order valence-electron chi connectivity index (χ2n) is 4.91. The lowest BCUT2D eigenvalue weighted by atomic mass is 10.1. The molecule has 0 saturated carbocycles. The molecule has 0 spiro atoms. The van der Waals surface area contributed by atoms with E-state index in [4.69, 9.17) is 5.73 Å². The third-order valence-electron chi connectivity index (χ3n) is 3.63. The van der Waals surface area contributed by atoms with E-state index in [0.717, 1.165) is 24.6 Å². The highest BCUT2D eigenvalue weighted by molar-refractivity contribution is 14.0. The molecule has 2 aromatic carbocycles. The molecule has 3 nitrogen and oxygen atoms in total. The van der Waals surface area contributed by atoms with Crippen LogP contribution in [-0.2, 0) is 6.54 Å². The minimum absolute atomic E-state index is 0. The van der Waals surface area contributed by atoms with Crippen molar-refractivity contribution in [3.63, 3.8) is 0 Å². The van der Waals surface area contributed by atoms with Crippen LogP contribution >= 0.6 is 35.7 Å². The van der Waals surface area contributed by atoms with Gasteiger partial charge in [0, 0.05) is 24.6 Å². The Hall–Kier alpha value is -0.950. The largest absolute Gasteiger partial charge is 0.370 e. The molecular weight excluding hydrogens is 393 g/mol. The summed E-state index contributed by atoms with van der Waals surface area (Å²) in [5.74, 6) is 2.97. The smallest absolute Gasteiger partial charge is 0.191 e. The second kappa shape index (κ2) is 7.89. The van der Waals surface area contributed by atoms with Gasteiger partial charge in [-0.1, -0.05) is 42.5 Å². The minimum atomic E-state index is 0. The van der Waals surface area contributed by atoms with Crippen molar-refractivity contribution < 1.29 is 0 Å². The third-order valence-corrected chi connectivity index (χ3v) is 4.57. The fourth-order valence-electron chi connectivity index (χ4n) is 2.49. The molecule has 2 N–H and O–H groups in total. The van der Waals surface area contributed by atoms with Crippen molar-refractivity contribution in [2.75, 3.05) is 24.6 Å². The van der Waals surface area contributed by atoms with E-state index in [1.807, 2.05) is 11.8 Å². The normalized spacial score (nSPS) is 15.8. The number of benzene rings is 2. The number of nitrogens with zero attached hydrogens (tertiary/aromatic N) is 2. The summed E-state index contributed by atoms with van der Waals surface area (Å²) < 4.78 is 0. The molecule has 1 saturated heterocycles. The molecule has 0 radical (unpaired) electrons. The maximum Gasteiger partial charge on any atom is 0.191 e. The Morgan fingerprint density at radius 1 is 1.10 bits per heavy atom. The summed E-state index contributed by atoms with van der Waals surface area (Å²) in [5.41, 5.74) is 7.34. The summed E-state index contributed by atoms with van der Waals surface area (Å²) in [6.07, 6.45) is 0. The van der Waals surface area contributed by atoms with Crippen molar-refractivity contribution in [3.05, 3.63) is 48.0 Å². The van der Waals surface area contributed by atoms with Gasteiger partial charge in [0.15, 0.2) is 5.96 Å². The Morgan fingerprint density at radius 2 is 1.81 bits per heavy atom. The maximum atomic E-state index is 6.11. The quantitative estimate of drug-likeness (QED) is 0.467. The van der Waals surface area contributed by atoms with E-state index in [9.17, 15) is 0 Å². The predicted octanol–water partition coefficient (Wildman–Crippen LogP) is 3.32. The van der Waals surface area contributed by atoms with Gasteiger partial charge in [-0.25, -0.2) is 4.99 Å². The first-order valence-corrected chi connectivity index (χ1v) is 8.09. The van der Waals surface area contributed by atoms with E-state index in [-0.39, 0.29) is 24.0 Å². The topological polar surface area (TPSA) is 41.6 Å². The van der Waals surface area contributed by atoms with Crippen LogP contribution in [0.25, 0.3) is 10.8 Å². The van der Waals surface area contributed by atoms with Gasteiger partial charge in [0.25, 0.3) is 0 Å². The van der Waals surface area contributed by atoms with Crippen molar-refractivity contribution in [2.45, 2.75) is 6.54 Å². The van der Waals surface area contributed by atoms with Gasteiger partial charge in [-0.3, -0.25) is 0 Å². The van der Waals surface area contributed by atoms with E-state index < -0.39 is 0 Å². The number of aliphatic imine (C=N–C) groups is 1. The molecule has 0 atom stereocenters. The Bertz CT molecular complexity index is 618. The molecule has 21 heavy (non-hydrogen) atoms. The van der Waals surface area contributed by atoms with Gasteiger partial charge in [0.2, 0.25) is 0 Å². The van der Waals surface area contributed by atoms with Crippen molar-refractivity contribution in [1.82, 2.24) is 4.90 Å². The predicted molar refractivity (Wildman–Crippen MR) is 104 cm³/mol. The molecule has 2 aromatic rings. The molecule has 1 aliphatic rings. The number of rotatable bonds is 2. The molecule has 3 rings (SSSR count). The number of nitrogens with two attached hydrogens (primary N) is 1. The van der Waals surface area contributed by atoms with Crippen molar-refractivity contribution in [3.8, 4) is 0 Å². The first-order valence-electron chi connectivity index (χ1n) is 6.94. The van der Waals surface area contributed by atoms with Gasteiger partial charge in [-0.2, -0.15) is 11.8 Å². The number of fused-ring (bicyclic) bond motifs is 1. The zero-order chi connectivity index (χ0) is 13.8. The monoisotopic (exact) mass is 413 g/mol. The van der Waals surface area contributed by atoms with Gasteiger partial charge in [-0.15, -0.1) is 24.0 Å². The molecule has 1 heterocycles. The fraction of sp³-hybridized carbons (Fsp3) is 0.312. The van der Waals surface area contributed by atoms with Crippen molar-refractivity contribution in [1.29, 1.82) is 0 Å². The van der Waals surface area contributed by atoms with Gasteiger partial charge < -0.3 is 10.6 Å². The number of hydrogen-bond donors (Lipinski definition) is 1. The van der Waals surface area contributed by atoms with Gasteiger partial charge in [0.1, 0.15) is 0 Å². The first-order chi connectivity index (χ1) is 9.84. The molecule has 0 aromatic heterocycles. The molecule has 1 fully saturated rings. The van der Waals surface area contributed by atoms with Crippen LogP contribution in [0.2, 0.25) is 0 Å². The molecule has 0 unspecified atom stereocenters. The van der Waals surface area contributed by atoms with Crippen LogP contribution in [0.5, 0.6) is 0 Å². The average molecular weight is 413 g/mol. The first kappa shape index (κ1) is 16.4. The summed E-state index contributed by atoms with van der Waals surface area (Å²) in [6.45, 7) is 2.67. The van der Waals surface area contributed by atoms with Gasteiger partial charge >= 0.3 is 0 Å². The van der Waals surface area contributed by atoms with E-state index in [1.54, 1.807) is 0 Å². The standard InChI is InChI=1S/C16H19N3S.HI/c17-16(19-8-10-20-11-9-19)18-12-14-6-3-5-13-4-1-2-7-15(13)14;/h1-7H,8-12H2,(H2,17,18);1H. The Morgan fingerprint density at radius 3 is 2.62 bits per heavy atom. The summed E-state index contributed by atoms with van der Waals surface area (Å²) >= 11 is 1.98. The van der Waals surface area contributed by atoms with Crippen LogP contribution in [0.3, 0.4) is 0 Å². The van der Waals surface area contributed by atoms with E-state index in [1.165, 1.54) is 16.3 Å². The summed E-state index contributed by atoms with van der Waals surface area (Å²) in [5, 5.41) is 2.52. The maximum absolute atomic E-state index is 6.11. The zero-order valence-electron chi connectivity index (χ0n) is 11.9. The molecule has 0 aliphatic carbocycles. The van der Waals surface area contributed by atoms with Gasteiger partial charge in [0.05, 0.1) is 6.54 Å². The molecule has 5 heteroatoms. The second-order valence-corrected chi connectivity index (χ2v) is 6.14. The molecule has 0 bridgehead atoms. The lowest BCUT2D eigenvalue weighted by Gasteiger charge is -2.27. The van der Waals surface area contributed by atoms with Crippen LogP contribution in [0, 0.1) is 0 Å². The number of guanidine groups is 1. The van der Waals surface area contributed by atoms with Crippen LogP contribution < -0.4 is 5.73 Å². The summed E-state index contributed by atoms with van der Waals surface area (Å²) in [4.78, 5) is 6.76. The van der Waals surface area contributed by atoms with Crippen LogP contribution in [0.4, 0.5) is 0 Å². The molecule has 0 amide bonds. The molecule has 112 valence electrons. The highest BCUT2D eigenvalue weighted by Gasteiger charge is 2.12. The lowest BCUT2D eigenvalue weighted by molar-refractivity contribution is 0.455. The van der Waals surface area contributed by atoms with Crippen molar-refractivity contribution in [2.24, 2.45) is 10.7 Å². The number of halogens is 1. The van der Waals surface area contributed by atoms with Crippen LogP contribution in [0.1, 0.15) is 5.56 Å². The van der Waals surface area contributed by atoms with Crippen molar-refractivity contribution >= 4 is 52.5 Å². The lowest BCUT2D eigenvalue weighted by Crippen LogP contribution is -2.42. The summed E-state index contributed by atoms with van der Waals surface area (Å²) in [7, 11) is 0. The minimum Gasteiger partial charge on any atom is -0.370 e. The highest BCUT2D eigenvalue weighted by Crippen LogP contribution is 2.19. The van der Waals surface area contributed by atoms with Gasteiger partial charge in [-0.05, 0) is 16.3 Å². The SMILES string of the molecule is I.NC(=NCc1cccc2ccccc12)N1CCSCC1. The highest BCUT2D eigenvalue weighted by atomic mass is 127. The van der Waals surface area contributed by atoms with E-state index in [0.29, 0.717) is 12.5 Å². The van der Waals surface area contributed by atoms with E-state index >= 15 is 0 Å². The summed E-state index contributed by atoms with van der Waals surface area (Å²) in [6, 6.07) is 14.8. The fourth-order valence-corrected chi connectivity index (χ4v) is 3.39. The molecule has 1 aliphatic heterocycles. The van der Waals surface area contributed by atoms with E-state index in [2.05, 4.69) is 52.4 Å². The van der Waals surface area contributed by atoms with Crippen LogP contribution in [-0.4, -0.2) is 35.5 Å². The Labute approximate surface area is 147 Å². The Balaban J connectivity index is 0.00000161. The zero-order valence-corrected chi connectivity index (χ0v) is 15.0. The third kappa shape index (κ3) is 4.03.